The molecule has 5 rings (SSSR count). The van der Waals surface area contributed by atoms with Gasteiger partial charge in [-0.05, 0) is 64.6 Å². The Morgan fingerprint density at radius 3 is 2.71 bits per heavy atom. The molecule has 3 unspecified atom stereocenters. The average Bonchev–Trinajstić information content (AvgIpc) is 2.89. The molecule has 0 saturated heterocycles. The van der Waals surface area contributed by atoms with Gasteiger partial charge in [0.1, 0.15) is 0 Å². The van der Waals surface area contributed by atoms with Crippen LogP contribution in [0.1, 0.15) is 42.7 Å². The molecule has 4 heteroatoms. The van der Waals surface area contributed by atoms with Crippen molar-refractivity contribution in [3.05, 3.63) is 46.5 Å². The second kappa shape index (κ2) is 4.66. The molecular formula is C17H16INO2. The second-order valence-electron chi connectivity index (χ2n) is 5.78. The number of hydrogen-bond acceptors (Lipinski definition) is 3. The van der Waals surface area contributed by atoms with Gasteiger partial charge >= 0.3 is 5.97 Å². The first-order chi connectivity index (χ1) is 10.2. The lowest BCUT2D eigenvalue weighted by Crippen LogP contribution is -2.38. The van der Waals surface area contributed by atoms with Gasteiger partial charge in [0.2, 0.25) is 3.55 Å². The summed E-state index contributed by atoms with van der Waals surface area (Å²) in [5.41, 5.74) is 5.23. The fourth-order valence-electron chi connectivity index (χ4n) is 4.00. The molecule has 3 aliphatic carbocycles. The van der Waals surface area contributed by atoms with Crippen LogP contribution in [0.3, 0.4) is 0 Å². The minimum atomic E-state index is -0.847. The van der Waals surface area contributed by atoms with Gasteiger partial charge in [-0.15, -0.1) is 0 Å². The lowest BCUT2D eigenvalue weighted by atomic mass is 9.63. The zero-order valence-electron chi connectivity index (χ0n) is 11.8. The molecule has 1 heterocycles. The predicted octanol–water partition coefficient (Wildman–Crippen LogP) is 3.74. The van der Waals surface area contributed by atoms with Crippen LogP contribution in [0.5, 0.6) is 0 Å². The van der Waals surface area contributed by atoms with Crippen molar-refractivity contribution in [1.29, 1.82) is 0 Å². The number of rotatable bonds is 2. The molecule has 0 spiro atoms. The van der Waals surface area contributed by atoms with Crippen LogP contribution in [0.15, 0.2) is 40.4 Å². The first-order valence-corrected chi connectivity index (χ1v) is 8.49. The highest BCUT2D eigenvalue weighted by Gasteiger charge is 2.53. The van der Waals surface area contributed by atoms with Gasteiger partial charge in [0.05, 0.1) is 6.61 Å². The number of fused-ring (bicyclic) bond motifs is 1. The number of aliphatic imine (C=N–C) groups is 1. The van der Waals surface area contributed by atoms with E-state index in [1.54, 1.807) is 0 Å². The normalized spacial score (nSPS) is 32.1. The SMILES string of the molecule is CCOC(=O)C1(I)N=CC2=C1C1CCC2c2ccccc21. The van der Waals surface area contributed by atoms with Gasteiger partial charge in [0.25, 0.3) is 0 Å². The van der Waals surface area contributed by atoms with Gasteiger partial charge in [0, 0.05) is 18.1 Å². The Bertz CT molecular complexity index is 694. The van der Waals surface area contributed by atoms with Crippen molar-refractivity contribution in [1.82, 2.24) is 0 Å². The van der Waals surface area contributed by atoms with Crippen molar-refractivity contribution in [3.8, 4) is 0 Å². The molecule has 0 radical (unpaired) electrons. The maximum Gasteiger partial charge on any atom is 0.348 e. The van der Waals surface area contributed by atoms with Crippen LogP contribution in [0.4, 0.5) is 0 Å². The van der Waals surface area contributed by atoms with E-state index in [1.165, 1.54) is 22.3 Å². The van der Waals surface area contributed by atoms with Crippen molar-refractivity contribution in [3.63, 3.8) is 0 Å². The first kappa shape index (κ1) is 13.5. The highest BCUT2D eigenvalue weighted by molar-refractivity contribution is 14.1. The quantitative estimate of drug-likeness (QED) is 0.332. The molecule has 1 aromatic rings. The zero-order valence-corrected chi connectivity index (χ0v) is 14.0. The van der Waals surface area contributed by atoms with E-state index in [-0.39, 0.29) is 5.97 Å². The van der Waals surface area contributed by atoms with Gasteiger partial charge < -0.3 is 4.74 Å². The summed E-state index contributed by atoms with van der Waals surface area (Å²) >= 11 is 2.18. The number of benzene rings is 1. The minimum Gasteiger partial charge on any atom is -0.463 e. The first-order valence-electron chi connectivity index (χ1n) is 7.41. The average molecular weight is 393 g/mol. The molecule has 3 nitrogen and oxygen atoms in total. The van der Waals surface area contributed by atoms with Crippen LogP contribution >= 0.6 is 22.6 Å². The van der Waals surface area contributed by atoms with E-state index < -0.39 is 3.55 Å². The summed E-state index contributed by atoms with van der Waals surface area (Å²) < 4.78 is 4.43. The Hall–Kier alpha value is -1.17. The number of halogens is 1. The summed E-state index contributed by atoms with van der Waals surface area (Å²) in [6, 6.07) is 8.63. The van der Waals surface area contributed by atoms with Crippen LogP contribution < -0.4 is 0 Å². The summed E-state index contributed by atoms with van der Waals surface area (Å²) in [6.45, 7) is 2.24. The maximum absolute atomic E-state index is 12.4. The molecule has 0 aromatic heterocycles. The van der Waals surface area contributed by atoms with Gasteiger partial charge in [-0.2, -0.15) is 0 Å². The third-order valence-electron chi connectivity index (χ3n) is 4.81. The topological polar surface area (TPSA) is 38.7 Å². The van der Waals surface area contributed by atoms with Gasteiger partial charge in [-0.3, -0.25) is 4.99 Å². The molecule has 4 aliphatic rings. The van der Waals surface area contributed by atoms with Crippen LogP contribution in [-0.2, 0) is 9.53 Å². The van der Waals surface area contributed by atoms with Gasteiger partial charge in [-0.25, -0.2) is 4.79 Å². The number of alkyl halides is 1. The monoisotopic (exact) mass is 393 g/mol. The van der Waals surface area contributed by atoms with E-state index in [0.717, 1.165) is 12.8 Å². The Morgan fingerprint density at radius 1 is 1.33 bits per heavy atom. The minimum absolute atomic E-state index is 0.225. The zero-order chi connectivity index (χ0) is 14.6. The Kier molecular flexibility index (Phi) is 3.00. The van der Waals surface area contributed by atoms with Crippen LogP contribution in [-0.4, -0.2) is 22.3 Å². The molecule has 21 heavy (non-hydrogen) atoms. The fourth-order valence-corrected chi connectivity index (χ4v) is 4.98. The van der Waals surface area contributed by atoms with Crippen molar-refractivity contribution < 1.29 is 9.53 Å². The highest BCUT2D eigenvalue weighted by atomic mass is 127. The maximum atomic E-state index is 12.4. The smallest absolute Gasteiger partial charge is 0.348 e. The third kappa shape index (κ3) is 1.71. The van der Waals surface area contributed by atoms with E-state index in [2.05, 4.69) is 51.8 Å². The van der Waals surface area contributed by atoms with Crippen molar-refractivity contribution in [2.24, 2.45) is 4.99 Å². The van der Waals surface area contributed by atoms with Crippen molar-refractivity contribution in [2.45, 2.75) is 35.1 Å². The van der Waals surface area contributed by atoms with E-state index in [1.807, 2.05) is 13.1 Å². The van der Waals surface area contributed by atoms with Crippen LogP contribution in [0.25, 0.3) is 0 Å². The lowest BCUT2D eigenvalue weighted by Gasteiger charge is -2.41. The van der Waals surface area contributed by atoms with E-state index in [4.69, 9.17) is 4.74 Å². The number of ether oxygens (including phenoxy) is 1. The molecule has 0 amide bonds. The molecule has 3 atom stereocenters. The number of nitrogens with zero attached hydrogens (tertiary/aromatic N) is 1. The van der Waals surface area contributed by atoms with E-state index in [0.29, 0.717) is 18.4 Å². The van der Waals surface area contributed by atoms with E-state index in [9.17, 15) is 4.79 Å². The molecule has 0 saturated carbocycles. The van der Waals surface area contributed by atoms with Gasteiger partial charge in [0.15, 0.2) is 0 Å². The van der Waals surface area contributed by atoms with Crippen molar-refractivity contribution in [2.75, 3.05) is 6.61 Å². The largest absolute Gasteiger partial charge is 0.463 e. The summed E-state index contributed by atoms with van der Waals surface area (Å²) in [6.07, 6.45) is 4.18. The number of esters is 1. The highest BCUT2D eigenvalue weighted by Crippen LogP contribution is 2.59. The summed E-state index contributed by atoms with van der Waals surface area (Å²) in [5.74, 6) is 0.484. The van der Waals surface area contributed by atoms with Crippen LogP contribution in [0.2, 0.25) is 0 Å². The number of hydrogen-bond donors (Lipinski definition) is 0. The summed E-state index contributed by atoms with van der Waals surface area (Å²) in [5, 5.41) is 0. The lowest BCUT2D eigenvalue weighted by molar-refractivity contribution is -0.144. The molecule has 1 aliphatic heterocycles. The molecule has 1 aromatic carbocycles. The third-order valence-corrected chi connectivity index (χ3v) is 6.11. The number of carbonyl (C=O) groups is 1. The van der Waals surface area contributed by atoms with Gasteiger partial charge in [-0.1, -0.05) is 24.3 Å². The number of allylic oxidation sites excluding steroid dienone is 1. The molecule has 0 N–H and O–H groups in total. The molecular weight excluding hydrogens is 377 g/mol. The standard InChI is InChI=1S/C17H16INO2/c1-2-21-16(20)17(18)15-13-8-7-12(14(15)9-19-17)10-5-3-4-6-11(10)13/h3-6,9,12-13H,2,7-8H2,1H3. The Morgan fingerprint density at radius 2 is 2.00 bits per heavy atom. The number of carbonyl (C=O) groups excluding carboxylic acids is 1. The predicted molar refractivity (Wildman–Crippen MR) is 90.1 cm³/mol. The van der Waals surface area contributed by atoms with Crippen LogP contribution in [0, 0.1) is 0 Å². The second-order valence-corrected chi connectivity index (χ2v) is 7.34. The van der Waals surface area contributed by atoms with Crippen molar-refractivity contribution >= 4 is 34.8 Å². The summed E-state index contributed by atoms with van der Waals surface area (Å²) in [4.78, 5) is 17.0. The summed E-state index contributed by atoms with van der Waals surface area (Å²) in [7, 11) is 0. The van der Waals surface area contributed by atoms with E-state index >= 15 is 0 Å². The fraction of sp³-hybridized carbons (Fsp3) is 0.412. The Labute approximate surface area is 137 Å². The molecule has 0 fully saturated rings. The Balaban J connectivity index is 1.85. The molecule has 108 valence electrons. The molecule has 2 bridgehead atoms.